The highest BCUT2D eigenvalue weighted by atomic mass is 19.2. The van der Waals surface area contributed by atoms with Crippen LogP contribution in [0.1, 0.15) is 47.2 Å². The van der Waals surface area contributed by atoms with Crippen LogP contribution in [-0.4, -0.2) is 66.7 Å². The number of hydrogen-bond acceptors (Lipinski definition) is 11. The van der Waals surface area contributed by atoms with Crippen LogP contribution in [0.2, 0.25) is 0 Å². The Balaban J connectivity index is 1.60. The zero-order valence-corrected chi connectivity index (χ0v) is 25.9. The van der Waals surface area contributed by atoms with Crippen LogP contribution in [0.4, 0.5) is 8.78 Å². The van der Waals surface area contributed by atoms with E-state index in [2.05, 4.69) is 10.3 Å². The second-order valence-electron chi connectivity index (χ2n) is 10.9. The number of cyclic esters (lactones) is 2. The molecule has 47 heavy (non-hydrogen) atoms. The fraction of sp³-hybridized carbons (Fsp3) is 0.333. The predicted molar refractivity (Wildman–Crippen MR) is 158 cm³/mol. The second kappa shape index (κ2) is 15.3. The molecule has 1 N–H and O–H groups in total. The fourth-order valence-electron chi connectivity index (χ4n) is 4.60. The molecule has 1 amide bonds. The molecule has 1 aromatic heterocycles. The number of benzene rings is 2. The zero-order valence-electron chi connectivity index (χ0n) is 25.9. The number of aromatic nitrogens is 1. The lowest BCUT2D eigenvalue weighted by Gasteiger charge is -2.29. The molecule has 1 aliphatic heterocycles. The van der Waals surface area contributed by atoms with Crippen molar-refractivity contribution in [1.82, 2.24) is 10.3 Å². The molecule has 3 aromatic rings. The average molecular weight is 655 g/mol. The molecule has 1 saturated heterocycles. The molecule has 0 radical (unpaired) electrons. The predicted octanol–water partition coefficient (Wildman–Crippen LogP) is 3.60. The van der Waals surface area contributed by atoms with Crippen LogP contribution in [0.15, 0.2) is 60.8 Å². The van der Waals surface area contributed by atoms with E-state index in [0.717, 1.165) is 23.9 Å². The summed E-state index contributed by atoms with van der Waals surface area (Å²) in [5.74, 6) is -9.41. The summed E-state index contributed by atoms with van der Waals surface area (Å²) in [4.78, 5) is 69.5. The number of nitrogens with one attached hydrogen (secondary N) is 1. The lowest BCUT2D eigenvalue weighted by molar-refractivity contribution is -0.176. The number of ether oxygens (including phenoxy) is 5. The van der Waals surface area contributed by atoms with Gasteiger partial charge in [-0.3, -0.25) is 14.4 Å². The number of methoxy groups -OCH3 is 1. The molecule has 248 valence electrons. The second-order valence-corrected chi connectivity index (χ2v) is 10.9. The molecule has 1 fully saturated rings. The summed E-state index contributed by atoms with van der Waals surface area (Å²) in [5.41, 5.74) is -0.171. The third kappa shape index (κ3) is 8.45. The topological polar surface area (TPSA) is 156 Å². The summed E-state index contributed by atoms with van der Waals surface area (Å²) in [6, 6.07) is 10.9. The van der Waals surface area contributed by atoms with E-state index in [9.17, 15) is 32.8 Å². The maximum atomic E-state index is 13.7. The van der Waals surface area contributed by atoms with Crippen molar-refractivity contribution in [1.29, 1.82) is 0 Å². The van der Waals surface area contributed by atoms with Gasteiger partial charge in [-0.05, 0) is 37.1 Å². The number of esters is 4. The molecule has 2 unspecified atom stereocenters. The van der Waals surface area contributed by atoms with Crippen molar-refractivity contribution in [3.8, 4) is 11.5 Å². The molecule has 4 atom stereocenters. The van der Waals surface area contributed by atoms with Crippen molar-refractivity contribution in [3.05, 3.63) is 89.2 Å². The molecule has 0 bridgehead atoms. The molecule has 0 aliphatic carbocycles. The third-order valence-corrected chi connectivity index (χ3v) is 7.12. The summed E-state index contributed by atoms with van der Waals surface area (Å²) < 4.78 is 54.3. The van der Waals surface area contributed by atoms with Crippen LogP contribution in [0.3, 0.4) is 0 Å². The molecule has 2 aromatic carbocycles. The van der Waals surface area contributed by atoms with Gasteiger partial charge >= 0.3 is 23.9 Å². The quantitative estimate of drug-likeness (QED) is 0.266. The zero-order chi connectivity index (χ0) is 34.2. The van der Waals surface area contributed by atoms with Crippen molar-refractivity contribution in [3.63, 3.8) is 0 Å². The van der Waals surface area contributed by atoms with Crippen molar-refractivity contribution >= 4 is 29.8 Å². The third-order valence-electron chi connectivity index (χ3n) is 7.12. The van der Waals surface area contributed by atoms with Gasteiger partial charge in [-0.25, -0.2) is 23.4 Å². The van der Waals surface area contributed by atoms with Gasteiger partial charge in [-0.15, -0.1) is 0 Å². The number of hydrogen-bond donors (Lipinski definition) is 1. The SMILES string of the molecule is COc1ccnc(C(=O)NC2COC(=O)[C@H](Cc3ccccc3)C(OC(=O)C(C)C)[C@H](C)OC2=O)c1OC(=O)c1ccc(F)c(F)c1. The highest BCUT2D eigenvalue weighted by Crippen LogP contribution is 2.31. The van der Waals surface area contributed by atoms with Gasteiger partial charge in [-0.1, -0.05) is 44.2 Å². The Hall–Kier alpha value is -5.40. The minimum Gasteiger partial charge on any atom is -0.493 e. The summed E-state index contributed by atoms with van der Waals surface area (Å²) >= 11 is 0. The van der Waals surface area contributed by atoms with Gasteiger partial charge in [0.1, 0.15) is 18.6 Å². The summed E-state index contributed by atoms with van der Waals surface area (Å²) in [7, 11) is 1.22. The van der Waals surface area contributed by atoms with Gasteiger partial charge in [0, 0.05) is 12.3 Å². The summed E-state index contributed by atoms with van der Waals surface area (Å²) in [6.07, 6.45) is -1.12. The monoisotopic (exact) mass is 654 g/mol. The first-order chi connectivity index (χ1) is 22.4. The molecule has 0 spiro atoms. The van der Waals surface area contributed by atoms with Crippen molar-refractivity contribution in [2.45, 2.75) is 45.4 Å². The minimum atomic E-state index is -1.58. The largest absolute Gasteiger partial charge is 0.493 e. The number of halogens is 2. The van der Waals surface area contributed by atoms with E-state index in [1.165, 1.54) is 20.1 Å². The smallest absolute Gasteiger partial charge is 0.343 e. The van der Waals surface area contributed by atoms with Crippen LogP contribution >= 0.6 is 0 Å². The van der Waals surface area contributed by atoms with Gasteiger partial charge < -0.3 is 29.0 Å². The Morgan fingerprint density at radius 1 is 1.02 bits per heavy atom. The van der Waals surface area contributed by atoms with Crippen LogP contribution < -0.4 is 14.8 Å². The van der Waals surface area contributed by atoms with Crippen molar-refractivity contribution < 1.29 is 56.4 Å². The van der Waals surface area contributed by atoms with Crippen molar-refractivity contribution in [2.24, 2.45) is 11.8 Å². The highest BCUT2D eigenvalue weighted by Gasteiger charge is 2.42. The van der Waals surface area contributed by atoms with Crippen LogP contribution in [-0.2, 0) is 35.0 Å². The Labute approximate surface area is 268 Å². The standard InChI is InChI=1S/C33H32F2N2O10/c1-17(2)30(39)46-27-18(3)45-33(42)24(16-44-32(41)21(27)14-19-8-6-5-7-9-19)37-29(38)26-28(25(43-4)12-13-36-26)47-31(40)20-10-11-22(34)23(35)15-20/h5-13,15,17-18,21,24,27H,14,16H2,1-4H3,(H,37,38)/t18-,21+,24?,27?/m0/s1. The van der Waals surface area contributed by atoms with Gasteiger partial charge in [-0.2, -0.15) is 0 Å². The summed E-state index contributed by atoms with van der Waals surface area (Å²) in [5, 5.41) is 2.36. The lowest BCUT2D eigenvalue weighted by atomic mass is 9.91. The Morgan fingerprint density at radius 2 is 1.74 bits per heavy atom. The van der Waals surface area contributed by atoms with E-state index >= 15 is 0 Å². The Morgan fingerprint density at radius 3 is 2.40 bits per heavy atom. The molecule has 12 nitrogen and oxygen atoms in total. The van der Waals surface area contributed by atoms with Crippen molar-refractivity contribution in [2.75, 3.05) is 13.7 Å². The van der Waals surface area contributed by atoms with E-state index in [1.807, 2.05) is 0 Å². The van der Waals surface area contributed by atoms with E-state index in [4.69, 9.17) is 23.7 Å². The molecule has 2 heterocycles. The van der Waals surface area contributed by atoms with Gasteiger partial charge in [0.25, 0.3) is 5.91 Å². The van der Waals surface area contributed by atoms with Crippen LogP contribution in [0.25, 0.3) is 0 Å². The number of amides is 1. The maximum Gasteiger partial charge on any atom is 0.343 e. The van der Waals surface area contributed by atoms with Gasteiger partial charge in [0.05, 0.1) is 18.6 Å². The van der Waals surface area contributed by atoms with Gasteiger partial charge in [0.2, 0.25) is 5.75 Å². The first-order valence-corrected chi connectivity index (χ1v) is 14.5. The normalized spacial score (nSPS) is 19.7. The van der Waals surface area contributed by atoms with E-state index in [-0.39, 0.29) is 17.7 Å². The Bertz CT molecular complexity index is 1650. The molecule has 0 saturated carbocycles. The number of carbonyl (C=O) groups excluding carboxylic acids is 5. The van der Waals surface area contributed by atoms with E-state index in [1.54, 1.807) is 44.2 Å². The molecule has 14 heteroatoms. The number of nitrogens with zero attached hydrogens (tertiary/aromatic N) is 1. The first kappa shape index (κ1) is 34.5. The van der Waals surface area contributed by atoms with Crippen LogP contribution in [0.5, 0.6) is 11.5 Å². The van der Waals surface area contributed by atoms with E-state index < -0.39 is 89.6 Å². The molecular formula is C33H32F2N2O10. The molecule has 1 aliphatic rings. The Kier molecular flexibility index (Phi) is 11.2. The lowest BCUT2D eigenvalue weighted by Crippen LogP contribution is -2.47. The number of pyridine rings is 1. The maximum absolute atomic E-state index is 13.7. The molecular weight excluding hydrogens is 622 g/mol. The minimum absolute atomic E-state index is 0.0923. The average Bonchev–Trinajstić information content (AvgIpc) is 3.08. The van der Waals surface area contributed by atoms with Crippen LogP contribution in [0, 0.1) is 23.5 Å². The first-order valence-electron chi connectivity index (χ1n) is 14.5. The summed E-state index contributed by atoms with van der Waals surface area (Å²) in [6.45, 7) is 4.01. The van der Waals surface area contributed by atoms with E-state index in [0.29, 0.717) is 6.07 Å². The number of carbonyl (C=O) groups is 5. The molecule has 4 rings (SSSR count). The number of rotatable bonds is 9. The fourth-order valence-corrected chi connectivity index (χ4v) is 4.60. The highest BCUT2D eigenvalue weighted by molar-refractivity contribution is 6.00. The van der Waals surface area contributed by atoms with Gasteiger partial charge in [0.15, 0.2) is 35.2 Å².